The van der Waals surface area contributed by atoms with Crippen molar-refractivity contribution in [3.05, 3.63) is 152 Å². The van der Waals surface area contributed by atoms with Gasteiger partial charge >= 0.3 is 0 Å². The quantitative estimate of drug-likeness (QED) is 0.214. The van der Waals surface area contributed by atoms with Crippen LogP contribution in [0, 0.1) is 0 Å². The number of aromatic nitrogens is 3. The van der Waals surface area contributed by atoms with Crippen LogP contribution in [0.15, 0.2) is 156 Å². The number of hydrogen-bond donors (Lipinski definition) is 0. The fraction of sp³-hybridized carbons (Fsp3) is 0. The van der Waals surface area contributed by atoms with Gasteiger partial charge in [-0.2, -0.15) is 0 Å². The summed E-state index contributed by atoms with van der Waals surface area (Å²) in [5.74, 6) is 1.92. The second-order valence-corrected chi connectivity index (χ2v) is 10.4. The molecule has 6 aromatic carbocycles. The van der Waals surface area contributed by atoms with Crippen LogP contribution in [0.5, 0.6) is 0 Å². The summed E-state index contributed by atoms with van der Waals surface area (Å²) in [6, 6.07) is 51.5. The number of benzene rings is 6. The highest BCUT2D eigenvalue weighted by Gasteiger charge is 2.18. The zero-order valence-electron chi connectivity index (χ0n) is 23.2. The molecule has 8 aromatic rings. The molecular formula is C39H25N3O. The van der Waals surface area contributed by atoms with Crippen LogP contribution in [0.4, 0.5) is 0 Å². The summed E-state index contributed by atoms with van der Waals surface area (Å²) >= 11 is 0. The Kier molecular flexibility index (Phi) is 6.08. The number of nitrogens with zero attached hydrogens (tertiary/aromatic N) is 3. The molecule has 0 aliphatic heterocycles. The van der Waals surface area contributed by atoms with E-state index in [9.17, 15) is 0 Å². The molecule has 0 saturated carbocycles. The standard InChI is InChI=1S/C39H25N3O/c1-4-13-26(14-5-1)32-24-23-31(35-33-21-10-11-22-34(33)43-36(32)35)29-19-12-20-30(25-29)39-41-37(27-15-6-2-7-16-27)40-38(42-39)28-17-8-3-9-18-28/h1-25H. The second-order valence-electron chi connectivity index (χ2n) is 10.4. The van der Waals surface area contributed by atoms with Crippen LogP contribution in [-0.4, -0.2) is 15.0 Å². The summed E-state index contributed by atoms with van der Waals surface area (Å²) in [5, 5.41) is 2.19. The summed E-state index contributed by atoms with van der Waals surface area (Å²) in [5.41, 5.74) is 8.93. The van der Waals surface area contributed by atoms with Crippen molar-refractivity contribution >= 4 is 21.9 Å². The summed E-state index contributed by atoms with van der Waals surface area (Å²) in [6.07, 6.45) is 0. The molecule has 8 rings (SSSR count). The van der Waals surface area contributed by atoms with Gasteiger partial charge in [-0.3, -0.25) is 0 Å². The van der Waals surface area contributed by atoms with Crippen molar-refractivity contribution in [1.82, 2.24) is 15.0 Å². The van der Waals surface area contributed by atoms with Gasteiger partial charge in [-0.05, 0) is 34.9 Å². The largest absolute Gasteiger partial charge is 0.455 e. The van der Waals surface area contributed by atoms with Gasteiger partial charge in [0.1, 0.15) is 11.2 Å². The van der Waals surface area contributed by atoms with Crippen LogP contribution < -0.4 is 0 Å². The molecule has 0 atom stereocenters. The molecule has 0 unspecified atom stereocenters. The fourth-order valence-corrected chi connectivity index (χ4v) is 5.68. The number of furan rings is 1. The van der Waals surface area contributed by atoms with E-state index in [0.29, 0.717) is 17.5 Å². The van der Waals surface area contributed by atoms with E-state index >= 15 is 0 Å². The average molecular weight is 552 g/mol. The Morgan fingerprint density at radius 3 is 1.51 bits per heavy atom. The molecule has 0 spiro atoms. The Hall–Kier alpha value is -5.87. The van der Waals surface area contributed by atoms with Gasteiger partial charge in [0, 0.05) is 33.0 Å². The zero-order valence-corrected chi connectivity index (χ0v) is 23.2. The lowest BCUT2D eigenvalue weighted by molar-refractivity contribution is 0.670. The Balaban J connectivity index is 1.32. The first kappa shape index (κ1) is 24.9. The normalized spacial score (nSPS) is 11.3. The molecule has 0 radical (unpaired) electrons. The van der Waals surface area contributed by atoms with E-state index < -0.39 is 0 Å². The molecule has 4 nitrogen and oxygen atoms in total. The van der Waals surface area contributed by atoms with Crippen molar-refractivity contribution in [3.63, 3.8) is 0 Å². The molecule has 2 aromatic heterocycles. The summed E-state index contributed by atoms with van der Waals surface area (Å²) in [7, 11) is 0. The molecule has 0 fully saturated rings. The van der Waals surface area contributed by atoms with Gasteiger partial charge in [0.25, 0.3) is 0 Å². The molecule has 202 valence electrons. The average Bonchev–Trinajstić information content (AvgIpc) is 3.49. The molecule has 0 bridgehead atoms. The van der Waals surface area contributed by atoms with Gasteiger partial charge in [0.05, 0.1) is 0 Å². The minimum Gasteiger partial charge on any atom is -0.455 e. The van der Waals surface area contributed by atoms with Gasteiger partial charge < -0.3 is 4.42 Å². The van der Waals surface area contributed by atoms with E-state index in [0.717, 1.165) is 60.9 Å². The van der Waals surface area contributed by atoms with Crippen molar-refractivity contribution in [2.24, 2.45) is 0 Å². The van der Waals surface area contributed by atoms with Gasteiger partial charge in [-0.1, -0.05) is 133 Å². The van der Waals surface area contributed by atoms with E-state index in [1.54, 1.807) is 0 Å². The Labute approximate surface area is 249 Å². The van der Waals surface area contributed by atoms with E-state index in [4.69, 9.17) is 19.4 Å². The number of fused-ring (bicyclic) bond motifs is 3. The highest BCUT2D eigenvalue weighted by atomic mass is 16.3. The van der Waals surface area contributed by atoms with Gasteiger partial charge in [0.2, 0.25) is 0 Å². The first-order valence-electron chi connectivity index (χ1n) is 14.3. The topological polar surface area (TPSA) is 51.8 Å². The highest BCUT2D eigenvalue weighted by Crippen LogP contribution is 2.42. The predicted octanol–water partition coefficient (Wildman–Crippen LogP) is 10.1. The van der Waals surface area contributed by atoms with Crippen molar-refractivity contribution < 1.29 is 4.42 Å². The molecule has 0 N–H and O–H groups in total. The Bertz CT molecular complexity index is 2170. The molecule has 0 aliphatic rings. The van der Waals surface area contributed by atoms with Crippen molar-refractivity contribution in [2.45, 2.75) is 0 Å². The van der Waals surface area contributed by atoms with Crippen molar-refractivity contribution in [2.75, 3.05) is 0 Å². The molecule has 0 amide bonds. The molecule has 2 heterocycles. The maximum Gasteiger partial charge on any atom is 0.164 e. The maximum atomic E-state index is 6.51. The first-order chi connectivity index (χ1) is 21.3. The SMILES string of the molecule is c1ccc(-c2nc(-c3ccccc3)nc(-c3cccc(-c4ccc(-c5ccccc5)c5oc6ccccc6c45)c3)n2)cc1. The smallest absolute Gasteiger partial charge is 0.164 e. The summed E-state index contributed by atoms with van der Waals surface area (Å²) in [4.78, 5) is 14.8. The van der Waals surface area contributed by atoms with Gasteiger partial charge in [0.15, 0.2) is 17.5 Å². The number of para-hydroxylation sites is 1. The van der Waals surface area contributed by atoms with Crippen molar-refractivity contribution in [3.8, 4) is 56.4 Å². The zero-order chi connectivity index (χ0) is 28.6. The fourth-order valence-electron chi connectivity index (χ4n) is 5.68. The highest BCUT2D eigenvalue weighted by molar-refractivity contribution is 6.16. The third kappa shape index (κ3) is 4.55. The second kappa shape index (κ2) is 10.5. The third-order valence-electron chi connectivity index (χ3n) is 7.74. The minimum absolute atomic E-state index is 0.628. The monoisotopic (exact) mass is 551 g/mol. The number of rotatable bonds is 5. The molecule has 0 aliphatic carbocycles. The maximum absolute atomic E-state index is 6.51. The van der Waals surface area contributed by atoms with E-state index in [-0.39, 0.29) is 0 Å². The Morgan fingerprint density at radius 1 is 0.372 bits per heavy atom. The molecule has 0 saturated heterocycles. The molecule has 4 heteroatoms. The van der Waals surface area contributed by atoms with Gasteiger partial charge in [-0.15, -0.1) is 0 Å². The lowest BCUT2D eigenvalue weighted by Crippen LogP contribution is -2.00. The van der Waals surface area contributed by atoms with Crippen molar-refractivity contribution in [1.29, 1.82) is 0 Å². The summed E-state index contributed by atoms with van der Waals surface area (Å²) in [6.45, 7) is 0. The van der Waals surface area contributed by atoms with E-state index in [1.165, 1.54) is 0 Å². The van der Waals surface area contributed by atoms with Crippen LogP contribution >= 0.6 is 0 Å². The van der Waals surface area contributed by atoms with Crippen LogP contribution in [-0.2, 0) is 0 Å². The third-order valence-corrected chi connectivity index (χ3v) is 7.74. The summed E-state index contributed by atoms with van der Waals surface area (Å²) < 4.78 is 6.51. The lowest BCUT2D eigenvalue weighted by atomic mass is 9.94. The predicted molar refractivity (Wildman–Crippen MR) is 174 cm³/mol. The lowest BCUT2D eigenvalue weighted by Gasteiger charge is -2.11. The minimum atomic E-state index is 0.628. The van der Waals surface area contributed by atoms with E-state index in [1.807, 2.05) is 78.9 Å². The molecule has 43 heavy (non-hydrogen) atoms. The van der Waals surface area contributed by atoms with Gasteiger partial charge in [-0.25, -0.2) is 15.0 Å². The van der Waals surface area contributed by atoms with Crippen LogP contribution in [0.2, 0.25) is 0 Å². The Morgan fingerprint density at radius 2 is 0.860 bits per heavy atom. The van der Waals surface area contributed by atoms with Crippen LogP contribution in [0.1, 0.15) is 0 Å². The number of hydrogen-bond acceptors (Lipinski definition) is 4. The van der Waals surface area contributed by atoms with Crippen LogP contribution in [0.25, 0.3) is 78.4 Å². The van der Waals surface area contributed by atoms with Crippen LogP contribution in [0.3, 0.4) is 0 Å². The molecular weight excluding hydrogens is 526 g/mol. The first-order valence-corrected chi connectivity index (χ1v) is 14.3. The van der Waals surface area contributed by atoms with E-state index in [2.05, 4.69) is 72.8 Å².